The quantitative estimate of drug-likeness (QED) is 0.404. The summed E-state index contributed by atoms with van der Waals surface area (Å²) in [7, 11) is 0. The number of benzene rings is 2. The molecule has 3 rings (SSSR count). The lowest BCUT2D eigenvalue weighted by Crippen LogP contribution is -2.13. The van der Waals surface area contributed by atoms with Crippen molar-refractivity contribution in [3.8, 4) is 11.8 Å². The van der Waals surface area contributed by atoms with Crippen molar-refractivity contribution in [2.75, 3.05) is 5.32 Å². The van der Waals surface area contributed by atoms with Crippen LogP contribution in [0.2, 0.25) is 10.0 Å². The fourth-order valence-corrected chi connectivity index (χ4v) is 3.30. The fourth-order valence-electron chi connectivity index (χ4n) is 3.00. The van der Waals surface area contributed by atoms with Crippen LogP contribution in [0.1, 0.15) is 17.0 Å². The van der Waals surface area contributed by atoms with E-state index < -0.39 is 5.91 Å². The first-order valence-corrected chi connectivity index (χ1v) is 9.39. The van der Waals surface area contributed by atoms with E-state index in [1.165, 1.54) is 24.3 Å². The summed E-state index contributed by atoms with van der Waals surface area (Å²) in [5.41, 5.74) is 3.59. The van der Waals surface area contributed by atoms with E-state index in [9.17, 15) is 14.4 Å². The third-order valence-corrected chi connectivity index (χ3v) is 5.14. The molecule has 0 radical (unpaired) electrons. The highest BCUT2D eigenvalue weighted by atomic mass is 35.5. The van der Waals surface area contributed by atoms with Crippen LogP contribution in [0.15, 0.2) is 54.1 Å². The molecule has 0 atom stereocenters. The van der Waals surface area contributed by atoms with Gasteiger partial charge >= 0.3 is 0 Å². The van der Waals surface area contributed by atoms with Crippen molar-refractivity contribution in [1.82, 2.24) is 4.57 Å². The zero-order valence-corrected chi connectivity index (χ0v) is 17.1. The van der Waals surface area contributed by atoms with E-state index in [-0.39, 0.29) is 11.4 Å². The van der Waals surface area contributed by atoms with E-state index in [1.807, 2.05) is 30.6 Å². The minimum atomic E-state index is -0.558. The fraction of sp³-hybridized carbons (Fsp3) is 0.0909. The Morgan fingerprint density at radius 3 is 2.41 bits per heavy atom. The Bertz CT molecular complexity index is 1160. The minimum absolute atomic E-state index is 0.0598. The number of aryl methyl sites for hydroxylation is 1. The molecule has 1 aromatic heterocycles. The lowest BCUT2D eigenvalue weighted by molar-refractivity contribution is -0.112. The summed E-state index contributed by atoms with van der Waals surface area (Å²) >= 11 is 11.8. The lowest BCUT2D eigenvalue weighted by Gasteiger charge is -2.09. The van der Waals surface area contributed by atoms with E-state index in [1.54, 1.807) is 24.3 Å². The zero-order chi connectivity index (χ0) is 21.1. The standard InChI is InChI=1S/C22H16Cl2FN3O/c1-13-9-15(14(2)28(13)19-6-3-17(25)4-7-19)10-16(12-26)22(29)27-18-5-8-20(23)21(24)11-18/h3-11H,1-2H3,(H,27,29)/b16-10-. The summed E-state index contributed by atoms with van der Waals surface area (Å²) in [4.78, 5) is 12.5. The Kier molecular flexibility index (Phi) is 6.07. The van der Waals surface area contributed by atoms with Gasteiger partial charge in [-0.2, -0.15) is 5.26 Å². The van der Waals surface area contributed by atoms with Crippen LogP contribution in [0.5, 0.6) is 0 Å². The van der Waals surface area contributed by atoms with Crippen molar-refractivity contribution in [3.63, 3.8) is 0 Å². The number of hydrogen-bond acceptors (Lipinski definition) is 2. The second kappa shape index (κ2) is 8.52. The largest absolute Gasteiger partial charge is 0.321 e. The number of aromatic nitrogens is 1. The second-order valence-electron chi connectivity index (χ2n) is 6.39. The number of hydrogen-bond donors (Lipinski definition) is 1. The number of amides is 1. The van der Waals surface area contributed by atoms with E-state index in [2.05, 4.69) is 5.32 Å². The smallest absolute Gasteiger partial charge is 0.266 e. The highest BCUT2D eigenvalue weighted by Crippen LogP contribution is 2.26. The third-order valence-electron chi connectivity index (χ3n) is 4.40. The van der Waals surface area contributed by atoms with Crippen LogP contribution < -0.4 is 5.32 Å². The number of carbonyl (C=O) groups excluding carboxylic acids is 1. The maximum absolute atomic E-state index is 13.2. The molecule has 0 aliphatic rings. The maximum Gasteiger partial charge on any atom is 0.266 e. The van der Waals surface area contributed by atoms with Gasteiger partial charge in [-0.1, -0.05) is 23.2 Å². The van der Waals surface area contributed by atoms with Gasteiger partial charge in [-0.25, -0.2) is 4.39 Å². The van der Waals surface area contributed by atoms with Gasteiger partial charge in [-0.05, 0) is 74.0 Å². The number of nitrogens with zero attached hydrogens (tertiary/aromatic N) is 2. The van der Waals surface area contributed by atoms with Gasteiger partial charge in [-0.15, -0.1) is 0 Å². The van der Waals surface area contributed by atoms with E-state index >= 15 is 0 Å². The van der Waals surface area contributed by atoms with Crippen LogP contribution in [0, 0.1) is 31.0 Å². The first-order valence-electron chi connectivity index (χ1n) is 8.63. The van der Waals surface area contributed by atoms with E-state index in [0.717, 1.165) is 17.1 Å². The number of carbonyl (C=O) groups is 1. The molecule has 146 valence electrons. The minimum Gasteiger partial charge on any atom is -0.321 e. The third kappa shape index (κ3) is 4.51. The molecule has 0 aliphatic heterocycles. The molecular formula is C22H16Cl2FN3O. The molecule has 0 bridgehead atoms. The van der Waals surface area contributed by atoms with Crippen molar-refractivity contribution < 1.29 is 9.18 Å². The molecular weight excluding hydrogens is 412 g/mol. The summed E-state index contributed by atoms with van der Waals surface area (Å²) in [5.74, 6) is -0.875. The predicted octanol–water partition coefficient (Wildman–Crippen LogP) is 6.09. The normalized spacial score (nSPS) is 11.2. The average Bonchev–Trinajstić information content (AvgIpc) is 2.96. The highest BCUT2D eigenvalue weighted by Gasteiger charge is 2.14. The number of nitriles is 1. The monoisotopic (exact) mass is 427 g/mol. The topological polar surface area (TPSA) is 57.8 Å². The Labute approximate surface area is 177 Å². The number of halogens is 3. The molecule has 2 aromatic carbocycles. The Morgan fingerprint density at radius 1 is 1.10 bits per heavy atom. The molecule has 29 heavy (non-hydrogen) atoms. The first-order chi connectivity index (χ1) is 13.8. The maximum atomic E-state index is 13.2. The van der Waals surface area contributed by atoms with Gasteiger partial charge in [-0.3, -0.25) is 4.79 Å². The van der Waals surface area contributed by atoms with Crippen LogP contribution in [-0.4, -0.2) is 10.5 Å². The summed E-state index contributed by atoms with van der Waals surface area (Å²) in [6.07, 6.45) is 1.52. The van der Waals surface area contributed by atoms with E-state index in [0.29, 0.717) is 21.3 Å². The molecule has 3 aromatic rings. The summed E-state index contributed by atoms with van der Waals surface area (Å²) in [6, 6.07) is 14.6. The molecule has 1 amide bonds. The van der Waals surface area contributed by atoms with Crippen LogP contribution in [0.4, 0.5) is 10.1 Å². The molecule has 0 saturated heterocycles. The summed E-state index contributed by atoms with van der Waals surface area (Å²) < 4.78 is 15.2. The van der Waals surface area contributed by atoms with Gasteiger partial charge in [0, 0.05) is 22.8 Å². The van der Waals surface area contributed by atoms with Crippen molar-refractivity contribution >= 4 is 40.9 Å². The second-order valence-corrected chi connectivity index (χ2v) is 7.21. The molecule has 0 fully saturated rings. The molecule has 4 nitrogen and oxygen atoms in total. The van der Waals surface area contributed by atoms with Crippen LogP contribution in [-0.2, 0) is 4.79 Å². The van der Waals surface area contributed by atoms with Gasteiger partial charge < -0.3 is 9.88 Å². The van der Waals surface area contributed by atoms with Gasteiger partial charge in [0.2, 0.25) is 0 Å². The number of anilines is 1. The van der Waals surface area contributed by atoms with Crippen molar-refractivity contribution in [3.05, 3.63) is 86.9 Å². The van der Waals surface area contributed by atoms with Crippen molar-refractivity contribution in [1.29, 1.82) is 5.26 Å². The van der Waals surface area contributed by atoms with E-state index in [4.69, 9.17) is 23.2 Å². The Morgan fingerprint density at radius 2 is 1.79 bits per heavy atom. The molecule has 0 spiro atoms. The average molecular weight is 428 g/mol. The lowest BCUT2D eigenvalue weighted by atomic mass is 10.1. The van der Waals surface area contributed by atoms with Gasteiger partial charge in [0.25, 0.3) is 5.91 Å². The Balaban J connectivity index is 1.92. The summed E-state index contributed by atoms with van der Waals surface area (Å²) in [6.45, 7) is 3.77. The highest BCUT2D eigenvalue weighted by molar-refractivity contribution is 6.42. The molecule has 1 N–H and O–H groups in total. The van der Waals surface area contributed by atoms with Crippen molar-refractivity contribution in [2.45, 2.75) is 13.8 Å². The number of rotatable bonds is 4. The van der Waals surface area contributed by atoms with Crippen molar-refractivity contribution in [2.24, 2.45) is 0 Å². The molecule has 0 unspecified atom stereocenters. The molecule has 0 aliphatic carbocycles. The SMILES string of the molecule is Cc1cc(/C=C(/C#N)C(=O)Nc2ccc(Cl)c(Cl)c2)c(C)n1-c1ccc(F)cc1. The number of nitrogens with one attached hydrogen (secondary N) is 1. The van der Waals surface area contributed by atoms with Gasteiger partial charge in [0.05, 0.1) is 10.0 Å². The van der Waals surface area contributed by atoms with Crippen LogP contribution >= 0.6 is 23.2 Å². The Hall–Kier alpha value is -3.07. The predicted molar refractivity (Wildman–Crippen MR) is 114 cm³/mol. The van der Waals surface area contributed by atoms with Crippen LogP contribution in [0.25, 0.3) is 11.8 Å². The molecule has 1 heterocycles. The molecule has 0 saturated carbocycles. The van der Waals surface area contributed by atoms with Gasteiger partial charge in [0.15, 0.2) is 0 Å². The molecule has 7 heteroatoms. The van der Waals surface area contributed by atoms with Crippen LogP contribution in [0.3, 0.4) is 0 Å². The summed E-state index contributed by atoms with van der Waals surface area (Å²) in [5, 5.41) is 12.8. The van der Waals surface area contributed by atoms with Gasteiger partial charge in [0.1, 0.15) is 17.5 Å². The zero-order valence-electron chi connectivity index (χ0n) is 15.6. The first kappa shape index (κ1) is 20.7.